The minimum absolute atomic E-state index is 0.0716. The number of aromatic nitrogens is 2. The highest BCUT2D eigenvalue weighted by Crippen LogP contribution is 2.23. The molecule has 0 bridgehead atoms. The van der Waals surface area contributed by atoms with Crippen molar-refractivity contribution in [2.75, 3.05) is 5.32 Å². The first kappa shape index (κ1) is 16.9. The SMILES string of the molecule is CC(C)c1ccccc1NC(=O)CCn1ncc(=O)c2ccccc21. The van der Waals surface area contributed by atoms with Crippen LogP contribution in [0.1, 0.15) is 31.7 Å². The van der Waals surface area contributed by atoms with Crippen LogP contribution >= 0.6 is 0 Å². The summed E-state index contributed by atoms with van der Waals surface area (Å²) >= 11 is 0. The summed E-state index contributed by atoms with van der Waals surface area (Å²) in [6.07, 6.45) is 1.58. The first-order chi connectivity index (χ1) is 12.1. The van der Waals surface area contributed by atoms with Crippen LogP contribution in [0.15, 0.2) is 59.5 Å². The maximum absolute atomic E-state index is 12.3. The van der Waals surface area contributed by atoms with Crippen molar-refractivity contribution in [3.8, 4) is 0 Å². The summed E-state index contributed by atoms with van der Waals surface area (Å²) in [5.74, 6) is 0.263. The number of aryl methyl sites for hydroxylation is 1. The van der Waals surface area contributed by atoms with Gasteiger partial charge in [-0.15, -0.1) is 0 Å². The van der Waals surface area contributed by atoms with Crippen LogP contribution < -0.4 is 10.7 Å². The molecule has 0 aliphatic heterocycles. The van der Waals surface area contributed by atoms with Crippen molar-refractivity contribution < 1.29 is 4.79 Å². The number of hydrogen-bond acceptors (Lipinski definition) is 3. The number of nitrogens with one attached hydrogen (secondary N) is 1. The molecule has 5 heteroatoms. The van der Waals surface area contributed by atoms with Crippen LogP contribution in [0.2, 0.25) is 0 Å². The minimum Gasteiger partial charge on any atom is -0.326 e. The Labute approximate surface area is 146 Å². The number of para-hydroxylation sites is 2. The average Bonchev–Trinajstić information content (AvgIpc) is 2.62. The molecule has 0 spiro atoms. The maximum Gasteiger partial charge on any atom is 0.226 e. The quantitative estimate of drug-likeness (QED) is 0.775. The highest BCUT2D eigenvalue weighted by Gasteiger charge is 2.10. The average molecular weight is 335 g/mol. The van der Waals surface area contributed by atoms with E-state index in [1.165, 1.54) is 6.20 Å². The van der Waals surface area contributed by atoms with Crippen molar-refractivity contribution in [2.24, 2.45) is 0 Å². The van der Waals surface area contributed by atoms with E-state index in [2.05, 4.69) is 24.3 Å². The molecule has 2 aromatic carbocycles. The van der Waals surface area contributed by atoms with Gasteiger partial charge in [0.05, 0.1) is 18.3 Å². The number of carbonyl (C=O) groups excluding carboxylic acids is 1. The lowest BCUT2D eigenvalue weighted by Gasteiger charge is -2.14. The molecule has 0 radical (unpaired) electrons. The van der Waals surface area contributed by atoms with Crippen molar-refractivity contribution in [3.63, 3.8) is 0 Å². The van der Waals surface area contributed by atoms with Gasteiger partial charge < -0.3 is 5.32 Å². The number of amides is 1. The van der Waals surface area contributed by atoms with Gasteiger partial charge in [-0.3, -0.25) is 14.3 Å². The number of anilines is 1. The van der Waals surface area contributed by atoms with Crippen molar-refractivity contribution in [1.29, 1.82) is 0 Å². The molecule has 0 aliphatic rings. The third-order valence-corrected chi connectivity index (χ3v) is 4.17. The summed E-state index contributed by atoms with van der Waals surface area (Å²) in [6.45, 7) is 4.61. The van der Waals surface area contributed by atoms with Gasteiger partial charge in [-0.05, 0) is 29.7 Å². The van der Waals surface area contributed by atoms with Gasteiger partial charge in [0.15, 0.2) is 0 Å². The summed E-state index contributed by atoms with van der Waals surface area (Å²) < 4.78 is 1.70. The fraction of sp³-hybridized carbons (Fsp3) is 0.250. The summed E-state index contributed by atoms with van der Waals surface area (Å²) in [5.41, 5.74) is 2.59. The number of benzene rings is 2. The lowest BCUT2D eigenvalue weighted by Crippen LogP contribution is -2.18. The lowest BCUT2D eigenvalue weighted by atomic mass is 10.0. The number of nitrogens with zero attached hydrogens (tertiary/aromatic N) is 2. The molecule has 0 unspecified atom stereocenters. The molecule has 1 aromatic heterocycles. The second-order valence-corrected chi connectivity index (χ2v) is 6.29. The second kappa shape index (κ2) is 7.30. The van der Waals surface area contributed by atoms with Crippen molar-refractivity contribution in [1.82, 2.24) is 9.78 Å². The third kappa shape index (κ3) is 3.76. The summed E-state index contributed by atoms with van der Waals surface area (Å²) in [4.78, 5) is 24.2. The summed E-state index contributed by atoms with van der Waals surface area (Å²) in [7, 11) is 0. The van der Waals surface area contributed by atoms with Gasteiger partial charge in [0.25, 0.3) is 0 Å². The Balaban J connectivity index is 1.74. The van der Waals surface area contributed by atoms with Gasteiger partial charge in [0.2, 0.25) is 11.3 Å². The van der Waals surface area contributed by atoms with Crippen LogP contribution in [0.4, 0.5) is 5.69 Å². The molecular formula is C20H21N3O2. The fourth-order valence-electron chi connectivity index (χ4n) is 2.87. The van der Waals surface area contributed by atoms with Gasteiger partial charge in [-0.25, -0.2) is 0 Å². The smallest absolute Gasteiger partial charge is 0.226 e. The number of carbonyl (C=O) groups is 1. The third-order valence-electron chi connectivity index (χ3n) is 4.17. The van der Waals surface area contributed by atoms with Crippen LogP contribution in [0.25, 0.3) is 10.9 Å². The zero-order valence-corrected chi connectivity index (χ0v) is 14.4. The van der Waals surface area contributed by atoms with Crippen molar-refractivity contribution in [2.45, 2.75) is 32.7 Å². The van der Waals surface area contributed by atoms with Crippen molar-refractivity contribution >= 4 is 22.5 Å². The van der Waals surface area contributed by atoms with Crippen LogP contribution in [-0.4, -0.2) is 15.7 Å². The van der Waals surface area contributed by atoms with E-state index in [4.69, 9.17) is 0 Å². The molecule has 5 nitrogen and oxygen atoms in total. The summed E-state index contributed by atoms with van der Waals surface area (Å²) in [6, 6.07) is 15.1. The van der Waals surface area contributed by atoms with E-state index in [0.717, 1.165) is 16.8 Å². The molecule has 128 valence electrons. The van der Waals surface area contributed by atoms with Crippen LogP contribution in [0, 0.1) is 0 Å². The second-order valence-electron chi connectivity index (χ2n) is 6.29. The van der Waals surface area contributed by atoms with E-state index in [-0.39, 0.29) is 17.8 Å². The van der Waals surface area contributed by atoms with Gasteiger partial charge in [0, 0.05) is 17.5 Å². The molecule has 3 aromatic rings. The molecule has 1 amide bonds. The van der Waals surface area contributed by atoms with Crippen LogP contribution in [0.3, 0.4) is 0 Å². The molecule has 0 atom stereocenters. The Kier molecular flexibility index (Phi) is 4.93. The largest absolute Gasteiger partial charge is 0.326 e. The lowest BCUT2D eigenvalue weighted by molar-refractivity contribution is -0.116. The predicted octanol–water partition coefficient (Wildman–Crippen LogP) is 3.55. The molecular weight excluding hydrogens is 314 g/mol. The Bertz CT molecular complexity index is 960. The van der Waals surface area contributed by atoms with E-state index in [9.17, 15) is 9.59 Å². The minimum atomic E-state index is -0.109. The molecule has 1 N–H and O–H groups in total. The Morgan fingerprint density at radius 1 is 1.12 bits per heavy atom. The van der Waals surface area contributed by atoms with Gasteiger partial charge in [-0.1, -0.05) is 44.2 Å². The van der Waals surface area contributed by atoms with Crippen molar-refractivity contribution in [3.05, 3.63) is 70.5 Å². The van der Waals surface area contributed by atoms with Crippen LogP contribution in [-0.2, 0) is 11.3 Å². The van der Waals surface area contributed by atoms with E-state index in [0.29, 0.717) is 17.8 Å². The topological polar surface area (TPSA) is 64.0 Å². The van der Waals surface area contributed by atoms with Gasteiger partial charge in [0.1, 0.15) is 0 Å². The van der Waals surface area contributed by atoms with E-state index >= 15 is 0 Å². The normalized spacial score (nSPS) is 11.0. The first-order valence-electron chi connectivity index (χ1n) is 8.40. The highest BCUT2D eigenvalue weighted by molar-refractivity contribution is 5.91. The van der Waals surface area contributed by atoms with E-state index in [1.807, 2.05) is 42.5 Å². The fourth-order valence-corrected chi connectivity index (χ4v) is 2.87. The highest BCUT2D eigenvalue weighted by atomic mass is 16.1. The standard InChI is InChI=1S/C20H21N3O2/c1-14(2)15-7-3-5-9-17(15)22-20(25)11-12-23-18-10-6-4-8-16(18)19(24)13-21-23/h3-10,13-14H,11-12H2,1-2H3,(H,22,25). The van der Waals surface area contributed by atoms with E-state index < -0.39 is 0 Å². The number of fused-ring (bicyclic) bond motifs is 1. The molecule has 25 heavy (non-hydrogen) atoms. The summed E-state index contributed by atoms with van der Waals surface area (Å²) in [5, 5.41) is 7.75. The Morgan fingerprint density at radius 3 is 2.64 bits per heavy atom. The monoisotopic (exact) mass is 335 g/mol. The molecule has 0 fully saturated rings. The van der Waals surface area contributed by atoms with E-state index in [1.54, 1.807) is 10.7 Å². The zero-order chi connectivity index (χ0) is 17.8. The Hall–Kier alpha value is -2.95. The number of rotatable bonds is 5. The predicted molar refractivity (Wildman–Crippen MR) is 99.8 cm³/mol. The maximum atomic E-state index is 12.3. The molecule has 0 aliphatic carbocycles. The Morgan fingerprint density at radius 2 is 1.84 bits per heavy atom. The molecule has 1 heterocycles. The number of hydrogen-bond donors (Lipinski definition) is 1. The van der Waals surface area contributed by atoms with Gasteiger partial charge >= 0.3 is 0 Å². The van der Waals surface area contributed by atoms with Gasteiger partial charge in [-0.2, -0.15) is 5.10 Å². The molecule has 0 saturated carbocycles. The molecule has 3 rings (SSSR count). The van der Waals surface area contributed by atoms with Crippen LogP contribution in [0.5, 0.6) is 0 Å². The zero-order valence-electron chi connectivity index (χ0n) is 14.4. The first-order valence-corrected chi connectivity index (χ1v) is 8.40. The molecule has 0 saturated heterocycles.